The third-order valence-corrected chi connectivity index (χ3v) is 5.39. The van der Waals surface area contributed by atoms with Gasteiger partial charge in [-0.25, -0.2) is 0 Å². The summed E-state index contributed by atoms with van der Waals surface area (Å²) in [6.45, 7) is 0. The van der Waals surface area contributed by atoms with Crippen molar-refractivity contribution in [2.75, 3.05) is 0 Å². The largest absolute Gasteiger partial charge is 0.298 e. The van der Waals surface area contributed by atoms with Gasteiger partial charge < -0.3 is 0 Å². The van der Waals surface area contributed by atoms with Crippen LogP contribution in [0.5, 0.6) is 0 Å². The summed E-state index contributed by atoms with van der Waals surface area (Å²) in [4.78, 5) is 13.2. The number of hydrogen-bond donors (Lipinski definition) is 0. The van der Waals surface area contributed by atoms with Crippen molar-refractivity contribution in [2.24, 2.45) is 11.8 Å². The first-order chi connectivity index (χ1) is 10.3. The van der Waals surface area contributed by atoms with Crippen LogP contribution < -0.4 is 0 Å². The quantitative estimate of drug-likeness (QED) is 0.786. The number of carbonyl (C=O) groups excluding carboxylic acids is 1. The van der Waals surface area contributed by atoms with Crippen molar-refractivity contribution in [3.8, 4) is 0 Å². The van der Waals surface area contributed by atoms with Crippen LogP contribution in [0.2, 0.25) is 0 Å². The fourth-order valence-corrected chi connectivity index (χ4v) is 4.51. The Labute approximate surface area is 126 Å². The van der Waals surface area contributed by atoms with Crippen molar-refractivity contribution >= 4 is 5.78 Å². The van der Waals surface area contributed by atoms with E-state index in [0.29, 0.717) is 17.6 Å². The van der Waals surface area contributed by atoms with Crippen LogP contribution >= 0.6 is 0 Å². The van der Waals surface area contributed by atoms with Crippen molar-refractivity contribution in [3.05, 3.63) is 71.8 Å². The predicted octanol–water partition coefficient (Wildman–Crippen LogP) is 4.55. The molecular formula is C20H20O. The van der Waals surface area contributed by atoms with Crippen molar-refractivity contribution < 1.29 is 4.79 Å². The minimum absolute atomic E-state index is 0.107. The van der Waals surface area contributed by atoms with Gasteiger partial charge in [0.15, 0.2) is 0 Å². The Morgan fingerprint density at radius 1 is 0.667 bits per heavy atom. The molecule has 0 heterocycles. The third-order valence-electron chi connectivity index (χ3n) is 5.39. The molecule has 2 saturated carbocycles. The molecule has 0 radical (unpaired) electrons. The van der Waals surface area contributed by atoms with Gasteiger partial charge in [-0.2, -0.15) is 0 Å². The van der Waals surface area contributed by atoms with Gasteiger partial charge >= 0.3 is 0 Å². The maximum absolute atomic E-state index is 13.2. The Morgan fingerprint density at radius 3 is 1.52 bits per heavy atom. The summed E-state index contributed by atoms with van der Waals surface area (Å²) in [5, 5.41) is 0. The Balaban J connectivity index is 1.75. The second-order valence-electron chi connectivity index (χ2n) is 6.51. The molecule has 2 aliphatic rings. The first-order valence-electron chi connectivity index (χ1n) is 7.98. The van der Waals surface area contributed by atoms with Gasteiger partial charge in [0.2, 0.25) is 0 Å². The van der Waals surface area contributed by atoms with E-state index in [1.54, 1.807) is 0 Å². The van der Waals surface area contributed by atoms with Gasteiger partial charge in [0.1, 0.15) is 5.78 Å². The highest BCUT2D eigenvalue weighted by atomic mass is 16.1. The van der Waals surface area contributed by atoms with E-state index in [2.05, 4.69) is 48.5 Å². The lowest BCUT2D eigenvalue weighted by Crippen LogP contribution is -2.33. The molecule has 106 valence electrons. The zero-order chi connectivity index (χ0) is 14.2. The number of carbonyl (C=O) groups is 1. The van der Waals surface area contributed by atoms with Crippen LogP contribution in [0.1, 0.15) is 42.2 Å². The van der Waals surface area contributed by atoms with Crippen LogP contribution in [0.4, 0.5) is 0 Å². The average Bonchev–Trinajstić information content (AvgIpc) is 2.94. The van der Waals surface area contributed by atoms with E-state index in [9.17, 15) is 4.79 Å². The minimum Gasteiger partial charge on any atom is -0.298 e. The molecule has 21 heavy (non-hydrogen) atoms. The molecule has 2 aromatic rings. The van der Waals surface area contributed by atoms with Gasteiger partial charge in [0.25, 0.3) is 0 Å². The summed E-state index contributed by atoms with van der Waals surface area (Å²) in [6.07, 6.45) is 3.63. The summed E-state index contributed by atoms with van der Waals surface area (Å²) in [5.74, 6) is 1.78. The minimum atomic E-state index is 0.107. The molecule has 2 aliphatic carbocycles. The monoisotopic (exact) mass is 276 g/mol. The highest BCUT2D eigenvalue weighted by Gasteiger charge is 2.48. The Morgan fingerprint density at radius 2 is 1.10 bits per heavy atom. The molecule has 1 heteroatoms. The molecule has 4 rings (SSSR count). The molecule has 2 fully saturated rings. The summed E-state index contributed by atoms with van der Waals surface area (Å²) in [5.41, 5.74) is 2.43. The van der Waals surface area contributed by atoms with Crippen LogP contribution in [0.3, 0.4) is 0 Å². The van der Waals surface area contributed by atoms with Gasteiger partial charge in [0, 0.05) is 11.8 Å². The van der Waals surface area contributed by atoms with E-state index < -0.39 is 0 Å². The number of rotatable bonds is 2. The van der Waals surface area contributed by atoms with Crippen LogP contribution in [0, 0.1) is 11.8 Å². The van der Waals surface area contributed by atoms with Crippen molar-refractivity contribution in [3.63, 3.8) is 0 Å². The lowest BCUT2D eigenvalue weighted by molar-refractivity contribution is -0.125. The molecular weight excluding hydrogens is 256 g/mol. The van der Waals surface area contributed by atoms with Gasteiger partial charge in [-0.3, -0.25) is 4.79 Å². The SMILES string of the molecule is O=C1C(c2ccccc2)C2CCC(C2)C1c1ccccc1. The molecule has 1 nitrogen and oxygen atoms in total. The smallest absolute Gasteiger partial charge is 0.148 e. The zero-order valence-electron chi connectivity index (χ0n) is 12.1. The van der Waals surface area contributed by atoms with E-state index >= 15 is 0 Å². The van der Waals surface area contributed by atoms with Gasteiger partial charge in [0.05, 0.1) is 0 Å². The molecule has 0 aliphatic heterocycles. The molecule has 0 N–H and O–H groups in total. The van der Waals surface area contributed by atoms with E-state index in [1.165, 1.54) is 30.4 Å². The first kappa shape index (κ1) is 12.8. The standard InChI is InChI=1S/C20H20O/c21-20-18(14-7-3-1-4-8-14)16-11-12-17(13-16)19(20)15-9-5-2-6-10-15/h1-10,16-19H,11-13H2. The Kier molecular flexibility index (Phi) is 3.14. The lowest BCUT2D eigenvalue weighted by atomic mass is 9.68. The molecule has 2 aromatic carbocycles. The highest BCUT2D eigenvalue weighted by Crippen LogP contribution is 2.53. The molecule has 4 unspecified atom stereocenters. The van der Waals surface area contributed by atoms with Crippen LogP contribution in [-0.4, -0.2) is 5.78 Å². The van der Waals surface area contributed by atoms with E-state index in [0.717, 1.165) is 0 Å². The van der Waals surface area contributed by atoms with Crippen molar-refractivity contribution in [1.29, 1.82) is 0 Å². The first-order valence-corrected chi connectivity index (χ1v) is 7.98. The zero-order valence-corrected chi connectivity index (χ0v) is 12.1. The molecule has 0 aromatic heterocycles. The summed E-state index contributed by atoms with van der Waals surface area (Å²) >= 11 is 0. The second kappa shape index (κ2) is 5.14. The highest BCUT2D eigenvalue weighted by molar-refractivity contribution is 5.93. The number of Topliss-reactive ketones (excluding diaryl/α,β-unsaturated/α-hetero) is 1. The van der Waals surface area contributed by atoms with Gasteiger partial charge in [-0.15, -0.1) is 0 Å². The topological polar surface area (TPSA) is 17.1 Å². The third kappa shape index (κ3) is 2.12. The fraction of sp³-hybridized carbons (Fsp3) is 0.350. The van der Waals surface area contributed by atoms with E-state index in [4.69, 9.17) is 0 Å². The normalized spacial score (nSPS) is 31.3. The number of ketones is 1. The van der Waals surface area contributed by atoms with Crippen LogP contribution in [0.25, 0.3) is 0 Å². The Hall–Kier alpha value is -1.89. The van der Waals surface area contributed by atoms with Crippen LogP contribution in [0.15, 0.2) is 60.7 Å². The second-order valence-corrected chi connectivity index (χ2v) is 6.51. The van der Waals surface area contributed by atoms with Gasteiger partial charge in [-0.05, 0) is 42.2 Å². The van der Waals surface area contributed by atoms with Crippen molar-refractivity contribution in [1.82, 2.24) is 0 Å². The summed E-state index contributed by atoms with van der Waals surface area (Å²) in [6, 6.07) is 20.8. The molecule has 0 spiro atoms. The lowest BCUT2D eigenvalue weighted by Gasteiger charge is -2.34. The average molecular weight is 276 g/mol. The number of hydrogen-bond acceptors (Lipinski definition) is 1. The van der Waals surface area contributed by atoms with E-state index in [1.807, 2.05) is 12.1 Å². The van der Waals surface area contributed by atoms with E-state index in [-0.39, 0.29) is 11.8 Å². The number of fused-ring (bicyclic) bond motifs is 2. The maximum Gasteiger partial charge on any atom is 0.148 e. The predicted molar refractivity (Wildman–Crippen MR) is 84.2 cm³/mol. The molecule has 0 amide bonds. The summed E-state index contributed by atoms with van der Waals surface area (Å²) in [7, 11) is 0. The maximum atomic E-state index is 13.2. The summed E-state index contributed by atoms with van der Waals surface area (Å²) < 4.78 is 0. The molecule has 4 atom stereocenters. The van der Waals surface area contributed by atoms with Crippen LogP contribution in [-0.2, 0) is 4.79 Å². The molecule has 0 saturated heterocycles. The molecule has 2 bridgehead atoms. The Bertz CT molecular complexity index is 576. The number of benzene rings is 2. The van der Waals surface area contributed by atoms with Gasteiger partial charge in [-0.1, -0.05) is 60.7 Å². The fourth-order valence-electron chi connectivity index (χ4n) is 4.51. The van der Waals surface area contributed by atoms with Crippen molar-refractivity contribution in [2.45, 2.75) is 31.1 Å².